The normalized spacial score (nSPS) is 25.2. The highest BCUT2D eigenvalue weighted by molar-refractivity contribution is 6.22. The van der Waals surface area contributed by atoms with E-state index in [1.165, 1.54) is 6.08 Å². The van der Waals surface area contributed by atoms with Crippen LogP contribution in [0, 0.1) is 0 Å². The third-order valence-electron chi connectivity index (χ3n) is 7.59. The molecule has 1 fully saturated rings. The number of cyclic esters (lactones) is 1. The largest absolute Gasteiger partial charge is 0.465 e. The number of epoxide rings is 1. The number of imide groups is 4. The Bertz CT molecular complexity index is 1360. The van der Waals surface area contributed by atoms with E-state index in [-0.39, 0.29) is 31.8 Å². The van der Waals surface area contributed by atoms with E-state index in [1.54, 1.807) is 13.0 Å². The number of carbonyl (C=O) groups is 7. The SMILES string of the molecule is CCCCCCCC(=O)OCC/C=C/[C@H](Cl)[C@H](O)[C@@H]1OC(=O)/C=C\C=C\C(=O)N(C(C)=O)C(=O)/C=C(/C)CC[C@H]2O[C@H]2[C@H]1OC(=O)NC(C)=O. The molecule has 6 atom stereocenters. The summed E-state index contributed by atoms with van der Waals surface area (Å²) >= 11 is 6.51. The summed E-state index contributed by atoms with van der Waals surface area (Å²) < 4.78 is 22.0. The fourth-order valence-corrected chi connectivity index (χ4v) is 5.24. The van der Waals surface area contributed by atoms with E-state index in [0.29, 0.717) is 16.9 Å². The first-order chi connectivity index (χ1) is 23.7. The maximum Gasteiger partial charge on any atom is 0.414 e. The van der Waals surface area contributed by atoms with Crippen LogP contribution < -0.4 is 5.32 Å². The number of fused-ring (bicyclic) bond motifs is 1. The summed E-state index contributed by atoms with van der Waals surface area (Å²) in [5, 5.41) is 12.1. The van der Waals surface area contributed by atoms with Crippen molar-refractivity contribution in [3.8, 4) is 0 Å². The van der Waals surface area contributed by atoms with Gasteiger partial charge in [0.2, 0.25) is 11.8 Å². The van der Waals surface area contributed by atoms with E-state index in [1.807, 2.05) is 5.32 Å². The van der Waals surface area contributed by atoms with E-state index < -0.39 is 71.6 Å². The number of alkyl carbamates (subject to hydrolysis) is 1. The molecule has 0 radical (unpaired) electrons. The van der Waals surface area contributed by atoms with Gasteiger partial charge in [-0.05, 0) is 32.6 Å². The molecular weight excluding hydrogens is 676 g/mol. The van der Waals surface area contributed by atoms with Crippen molar-refractivity contribution in [2.24, 2.45) is 0 Å². The maximum atomic E-state index is 12.9. The Hall–Kier alpha value is -4.14. The summed E-state index contributed by atoms with van der Waals surface area (Å²) in [6.45, 7) is 5.96. The second-order valence-electron chi connectivity index (χ2n) is 11.9. The van der Waals surface area contributed by atoms with Crippen molar-refractivity contribution in [1.29, 1.82) is 0 Å². The minimum atomic E-state index is -1.68. The lowest BCUT2D eigenvalue weighted by atomic mass is 9.98. The maximum absolute atomic E-state index is 12.9. The van der Waals surface area contributed by atoms with Crippen LogP contribution >= 0.6 is 11.6 Å². The summed E-state index contributed by atoms with van der Waals surface area (Å²) in [7, 11) is 0. The van der Waals surface area contributed by atoms with Gasteiger partial charge in [-0.1, -0.05) is 62.5 Å². The van der Waals surface area contributed by atoms with Gasteiger partial charge in [-0.25, -0.2) is 14.5 Å². The number of hydrogen-bond donors (Lipinski definition) is 2. The van der Waals surface area contributed by atoms with Crippen molar-refractivity contribution < 1.29 is 57.6 Å². The molecule has 2 rings (SSSR count). The second-order valence-corrected chi connectivity index (χ2v) is 12.4. The molecular formula is C35H47ClN2O12. The molecule has 0 bridgehead atoms. The number of alkyl halides is 1. The van der Waals surface area contributed by atoms with Crippen molar-refractivity contribution in [3.63, 3.8) is 0 Å². The number of unbranched alkanes of at least 4 members (excludes halogenated alkanes) is 4. The Balaban J connectivity index is 2.27. The molecule has 0 aromatic rings. The number of nitrogens with one attached hydrogen (secondary N) is 1. The Labute approximate surface area is 296 Å². The highest BCUT2D eigenvalue weighted by Crippen LogP contribution is 2.36. The minimum absolute atomic E-state index is 0.0847. The smallest absolute Gasteiger partial charge is 0.414 e. The summed E-state index contributed by atoms with van der Waals surface area (Å²) in [5.74, 6) is -4.68. The van der Waals surface area contributed by atoms with Crippen LogP contribution in [0.25, 0.3) is 0 Å². The van der Waals surface area contributed by atoms with Crippen LogP contribution in [-0.4, -0.2) is 94.2 Å². The second kappa shape index (κ2) is 21.8. The Morgan fingerprint density at radius 2 is 1.78 bits per heavy atom. The number of aliphatic hydroxyl groups excluding tert-OH is 1. The van der Waals surface area contributed by atoms with E-state index in [2.05, 4.69) is 6.92 Å². The number of amides is 5. The van der Waals surface area contributed by atoms with Crippen LogP contribution in [0.4, 0.5) is 4.79 Å². The quantitative estimate of drug-likeness (QED) is 0.0531. The van der Waals surface area contributed by atoms with Gasteiger partial charge in [0.1, 0.15) is 12.2 Å². The van der Waals surface area contributed by atoms with Crippen molar-refractivity contribution >= 4 is 53.3 Å². The Morgan fingerprint density at radius 1 is 1.08 bits per heavy atom. The van der Waals surface area contributed by atoms with Crippen molar-refractivity contribution in [2.75, 3.05) is 6.61 Å². The van der Waals surface area contributed by atoms with Crippen LogP contribution in [-0.2, 0) is 47.7 Å². The molecule has 0 aliphatic carbocycles. The molecule has 2 heterocycles. The zero-order chi connectivity index (χ0) is 37.2. The number of ether oxygens (including phenoxy) is 4. The van der Waals surface area contributed by atoms with Crippen molar-refractivity contribution in [1.82, 2.24) is 10.2 Å². The zero-order valence-electron chi connectivity index (χ0n) is 28.8. The van der Waals surface area contributed by atoms with Gasteiger partial charge in [-0.2, -0.15) is 0 Å². The predicted molar refractivity (Wildman–Crippen MR) is 180 cm³/mol. The highest BCUT2D eigenvalue weighted by Gasteiger charge is 2.53. The van der Waals surface area contributed by atoms with Crippen LogP contribution in [0.1, 0.15) is 85.5 Å². The molecule has 2 aliphatic heterocycles. The zero-order valence-corrected chi connectivity index (χ0v) is 29.6. The first-order valence-electron chi connectivity index (χ1n) is 16.6. The van der Waals surface area contributed by atoms with Gasteiger partial charge in [-0.3, -0.25) is 29.3 Å². The number of aliphatic hydroxyl groups is 1. The van der Waals surface area contributed by atoms with Crippen molar-refractivity contribution in [3.05, 3.63) is 48.1 Å². The lowest BCUT2D eigenvalue weighted by Crippen LogP contribution is -2.51. The third kappa shape index (κ3) is 15.2. The van der Waals surface area contributed by atoms with Crippen LogP contribution in [0.2, 0.25) is 0 Å². The average molecular weight is 723 g/mol. The molecule has 50 heavy (non-hydrogen) atoms. The van der Waals surface area contributed by atoms with E-state index in [9.17, 15) is 38.7 Å². The van der Waals surface area contributed by atoms with Gasteiger partial charge in [0.05, 0.1) is 18.1 Å². The van der Waals surface area contributed by atoms with Gasteiger partial charge < -0.3 is 24.1 Å². The molecule has 2 N–H and O–H groups in total. The lowest BCUT2D eigenvalue weighted by molar-refractivity contribution is -0.160. The molecule has 0 saturated carbocycles. The Kier molecular flexibility index (Phi) is 18.4. The molecule has 0 unspecified atom stereocenters. The molecule has 14 nitrogen and oxygen atoms in total. The number of halogens is 1. The number of hydrogen-bond acceptors (Lipinski definition) is 12. The molecule has 0 aromatic carbocycles. The van der Waals surface area contributed by atoms with Gasteiger partial charge >= 0.3 is 18.0 Å². The fraction of sp³-hybridized carbons (Fsp3) is 0.571. The molecule has 1 saturated heterocycles. The van der Waals surface area contributed by atoms with E-state index in [0.717, 1.165) is 76.3 Å². The lowest BCUT2D eigenvalue weighted by Gasteiger charge is -2.30. The molecule has 2 aliphatic rings. The van der Waals surface area contributed by atoms with Gasteiger partial charge in [0.15, 0.2) is 12.2 Å². The molecule has 0 spiro atoms. The first-order valence-corrected chi connectivity index (χ1v) is 17.1. The summed E-state index contributed by atoms with van der Waals surface area (Å²) in [4.78, 5) is 86.8. The van der Waals surface area contributed by atoms with E-state index in [4.69, 9.17) is 30.5 Å². The minimum Gasteiger partial charge on any atom is -0.465 e. The molecule has 276 valence electrons. The average Bonchev–Trinajstić information content (AvgIpc) is 3.81. The molecule has 15 heteroatoms. The monoisotopic (exact) mass is 722 g/mol. The van der Waals surface area contributed by atoms with Crippen molar-refractivity contribution in [2.45, 2.75) is 121 Å². The summed E-state index contributed by atoms with van der Waals surface area (Å²) in [6, 6.07) is 0. The number of esters is 2. The molecule has 0 aromatic heterocycles. The summed E-state index contributed by atoms with van der Waals surface area (Å²) in [6.07, 6.45) is 6.79. The highest BCUT2D eigenvalue weighted by atomic mass is 35.5. The number of allylic oxidation sites excluding steroid dienone is 3. The van der Waals surface area contributed by atoms with E-state index >= 15 is 0 Å². The standard InChI is InChI=1S/C35H47ClN2O12/c1-5-6-7-8-9-16-29(43)47-20-13-12-14-25(36)31(45)33-34(50-35(46)37-23(3)39)32-26(48-32)19-18-22(2)21-28(42)38(24(4)40)27(41)15-10-11-17-30(44)49-33/h10-12,14-15,17,21,25-26,31-34,45H,5-9,13,16,18-20H2,1-4H3,(H,37,39,46)/b14-12+,15-10+,17-11-,22-21-/t25-,26+,31-,32+,33-,34+/m0/s1. The van der Waals surface area contributed by atoms with Crippen LogP contribution in [0.3, 0.4) is 0 Å². The van der Waals surface area contributed by atoms with Crippen LogP contribution in [0.15, 0.2) is 48.1 Å². The number of rotatable bonds is 13. The fourth-order valence-electron chi connectivity index (χ4n) is 4.99. The molecule has 5 amide bonds. The van der Waals surface area contributed by atoms with Crippen LogP contribution in [0.5, 0.6) is 0 Å². The first kappa shape index (κ1) is 42.0. The predicted octanol–water partition coefficient (Wildman–Crippen LogP) is 3.88. The van der Waals surface area contributed by atoms with Gasteiger partial charge in [-0.15, -0.1) is 11.6 Å². The Morgan fingerprint density at radius 3 is 2.46 bits per heavy atom. The topological polar surface area (TPSA) is 195 Å². The number of nitrogens with zero attached hydrogens (tertiary/aromatic N) is 1. The number of carbonyl (C=O) groups excluding carboxylic acids is 7. The van der Waals surface area contributed by atoms with Gasteiger partial charge in [0.25, 0.3) is 11.8 Å². The van der Waals surface area contributed by atoms with Gasteiger partial charge in [0, 0.05) is 38.5 Å². The summed E-state index contributed by atoms with van der Waals surface area (Å²) in [5.41, 5.74) is 0.509. The third-order valence-corrected chi connectivity index (χ3v) is 7.99.